The lowest BCUT2D eigenvalue weighted by Crippen LogP contribution is -2.48. The van der Waals surface area contributed by atoms with Gasteiger partial charge in [-0.2, -0.15) is 0 Å². The van der Waals surface area contributed by atoms with Gasteiger partial charge in [0, 0.05) is 66.5 Å². The number of nitrogens with one attached hydrogen (secondary N) is 1. The first-order valence-electron chi connectivity index (χ1n) is 11.0. The van der Waals surface area contributed by atoms with Gasteiger partial charge in [0.15, 0.2) is 0 Å². The number of nitro groups is 1. The molecule has 1 atom stereocenters. The quantitative estimate of drug-likeness (QED) is 0.303. The molecule has 8 nitrogen and oxygen atoms in total. The number of β-amino-alcohol motifs (C(OH)–C–C–N with tert-alkyl or cyclic N) is 1. The molecule has 0 bridgehead atoms. The van der Waals surface area contributed by atoms with Gasteiger partial charge in [0.2, 0.25) is 0 Å². The average Bonchev–Trinajstić information content (AvgIpc) is 3.44. The Labute approximate surface area is 195 Å². The second kappa shape index (κ2) is 9.48. The van der Waals surface area contributed by atoms with E-state index in [-0.39, 0.29) is 16.5 Å². The minimum Gasteiger partial charge on any atom is -0.490 e. The number of fused-ring (bicyclic) bond motifs is 3. The van der Waals surface area contributed by atoms with Crippen LogP contribution in [-0.2, 0) is 6.54 Å². The lowest BCUT2D eigenvalue weighted by molar-refractivity contribution is -0.380. The summed E-state index contributed by atoms with van der Waals surface area (Å²) < 4.78 is 6.05. The molecule has 2 aromatic heterocycles. The number of nitrogens with zero attached hydrogens (tertiary/aromatic N) is 3. The molecule has 33 heavy (non-hydrogen) atoms. The number of rotatable bonds is 8. The van der Waals surface area contributed by atoms with Crippen LogP contribution in [0.2, 0.25) is 0 Å². The van der Waals surface area contributed by atoms with Crippen molar-refractivity contribution >= 4 is 38.1 Å². The summed E-state index contributed by atoms with van der Waals surface area (Å²) in [4.78, 5) is 19.5. The Morgan fingerprint density at radius 3 is 2.58 bits per heavy atom. The number of aliphatic hydroxyl groups excluding tert-OH is 1. The number of aromatic amines is 1. The number of benzene rings is 2. The molecule has 1 unspecified atom stereocenters. The van der Waals surface area contributed by atoms with Crippen LogP contribution >= 0.6 is 11.3 Å². The van der Waals surface area contributed by atoms with E-state index in [1.165, 1.54) is 11.3 Å². The van der Waals surface area contributed by atoms with Crippen molar-refractivity contribution in [3.05, 3.63) is 69.6 Å². The molecule has 1 saturated heterocycles. The third-order valence-corrected chi connectivity index (χ3v) is 7.09. The van der Waals surface area contributed by atoms with Crippen LogP contribution in [0.1, 0.15) is 4.88 Å². The summed E-state index contributed by atoms with van der Waals surface area (Å²) in [5.74, 6) is 0.777. The van der Waals surface area contributed by atoms with Gasteiger partial charge < -0.3 is 14.8 Å². The van der Waals surface area contributed by atoms with Crippen molar-refractivity contribution in [3.63, 3.8) is 0 Å². The molecule has 0 spiro atoms. The third kappa shape index (κ3) is 4.86. The van der Waals surface area contributed by atoms with Crippen LogP contribution in [0.4, 0.5) is 5.00 Å². The van der Waals surface area contributed by atoms with Crippen molar-refractivity contribution in [2.75, 3.05) is 39.3 Å². The van der Waals surface area contributed by atoms with Crippen molar-refractivity contribution in [1.29, 1.82) is 0 Å². The van der Waals surface area contributed by atoms with E-state index in [4.69, 9.17) is 4.74 Å². The van der Waals surface area contributed by atoms with Crippen molar-refractivity contribution in [3.8, 4) is 5.75 Å². The topological polar surface area (TPSA) is 94.9 Å². The number of para-hydroxylation sites is 1. The summed E-state index contributed by atoms with van der Waals surface area (Å²) in [6.07, 6.45) is -0.586. The maximum Gasteiger partial charge on any atom is 0.324 e. The summed E-state index contributed by atoms with van der Waals surface area (Å²) in [5.41, 5.74) is 2.09. The Morgan fingerprint density at radius 2 is 1.79 bits per heavy atom. The average molecular weight is 467 g/mol. The van der Waals surface area contributed by atoms with Gasteiger partial charge in [-0.1, -0.05) is 35.6 Å². The zero-order chi connectivity index (χ0) is 22.8. The zero-order valence-electron chi connectivity index (χ0n) is 18.1. The molecule has 5 rings (SSSR count). The smallest absolute Gasteiger partial charge is 0.324 e. The van der Waals surface area contributed by atoms with Crippen molar-refractivity contribution in [2.45, 2.75) is 12.6 Å². The molecule has 2 aromatic carbocycles. The van der Waals surface area contributed by atoms with Gasteiger partial charge in [0.25, 0.3) is 0 Å². The van der Waals surface area contributed by atoms with Gasteiger partial charge in [-0.25, -0.2) is 0 Å². The summed E-state index contributed by atoms with van der Waals surface area (Å²) >= 11 is 1.24. The van der Waals surface area contributed by atoms with E-state index in [1.807, 2.05) is 42.5 Å². The number of aliphatic hydroxyl groups is 1. The summed E-state index contributed by atoms with van der Waals surface area (Å²) in [6, 6.07) is 17.5. The first-order valence-corrected chi connectivity index (χ1v) is 11.9. The Morgan fingerprint density at radius 1 is 1.03 bits per heavy atom. The Hall–Kier alpha value is -2.98. The molecule has 4 aromatic rings. The second-order valence-corrected chi connectivity index (χ2v) is 9.53. The first kappa shape index (κ1) is 21.8. The largest absolute Gasteiger partial charge is 0.490 e. The number of piperazine rings is 1. The maximum atomic E-state index is 10.9. The molecule has 9 heteroatoms. The molecule has 0 amide bonds. The molecule has 172 valence electrons. The normalized spacial score (nSPS) is 16.4. The van der Waals surface area contributed by atoms with Gasteiger partial charge >= 0.3 is 5.00 Å². The van der Waals surface area contributed by atoms with Gasteiger partial charge in [-0.3, -0.25) is 19.9 Å². The highest BCUT2D eigenvalue weighted by atomic mass is 32.1. The Kier molecular flexibility index (Phi) is 6.28. The van der Waals surface area contributed by atoms with Crippen LogP contribution in [0.15, 0.2) is 54.6 Å². The standard InChI is InChI=1S/C24H26N4O4S/c29-17(14-26-10-12-27(13-11-26)15-18-8-9-23(33-18)28(30)31)16-32-22-7-3-6-21-24(22)19-4-1-2-5-20(19)25-21/h1-9,17,25,29H,10-16H2. The number of hydrogen-bond acceptors (Lipinski definition) is 7. The van der Waals surface area contributed by atoms with Crippen LogP contribution in [-0.4, -0.2) is 70.2 Å². The lowest BCUT2D eigenvalue weighted by atomic mass is 10.1. The van der Waals surface area contributed by atoms with E-state index in [2.05, 4.69) is 20.9 Å². The molecule has 0 aliphatic carbocycles. The summed E-state index contributed by atoms with van der Waals surface area (Å²) in [6.45, 7) is 4.96. The molecule has 0 saturated carbocycles. The highest BCUT2D eigenvalue weighted by Gasteiger charge is 2.21. The summed E-state index contributed by atoms with van der Waals surface area (Å²) in [5, 5.41) is 23.8. The Bertz CT molecular complexity index is 1260. The monoisotopic (exact) mass is 466 g/mol. The van der Waals surface area contributed by atoms with Crippen LogP contribution in [0.3, 0.4) is 0 Å². The van der Waals surface area contributed by atoms with E-state index >= 15 is 0 Å². The summed E-state index contributed by atoms with van der Waals surface area (Å²) in [7, 11) is 0. The number of hydrogen-bond donors (Lipinski definition) is 2. The van der Waals surface area contributed by atoms with E-state index in [0.717, 1.165) is 65.2 Å². The van der Waals surface area contributed by atoms with Crippen LogP contribution in [0.25, 0.3) is 21.8 Å². The fourth-order valence-corrected chi connectivity index (χ4v) is 5.29. The van der Waals surface area contributed by atoms with Crippen LogP contribution in [0, 0.1) is 10.1 Å². The lowest BCUT2D eigenvalue weighted by Gasteiger charge is -2.35. The number of H-pyrrole nitrogens is 1. The van der Waals surface area contributed by atoms with E-state index in [1.54, 1.807) is 6.07 Å². The molecule has 1 aliphatic heterocycles. The number of aromatic nitrogens is 1. The predicted molar refractivity (Wildman–Crippen MR) is 130 cm³/mol. The van der Waals surface area contributed by atoms with Crippen molar-refractivity contribution < 1.29 is 14.8 Å². The highest BCUT2D eigenvalue weighted by Crippen LogP contribution is 2.33. The van der Waals surface area contributed by atoms with Crippen LogP contribution in [0.5, 0.6) is 5.75 Å². The Balaban J connectivity index is 1.13. The minimum absolute atomic E-state index is 0.190. The van der Waals surface area contributed by atoms with Gasteiger partial charge in [-0.15, -0.1) is 0 Å². The molecule has 0 radical (unpaired) electrons. The maximum absolute atomic E-state index is 10.9. The first-order chi connectivity index (χ1) is 16.1. The predicted octanol–water partition coefficient (Wildman–Crippen LogP) is 3.85. The molecule has 3 heterocycles. The van der Waals surface area contributed by atoms with E-state index in [9.17, 15) is 15.2 Å². The minimum atomic E-state index is -0.586. The fraction of sp³-hybridized carbons (Fsp3) is 0.333. The number of thiophene rings is 1. The SMILES string of the molecule is O=[N+]([O-])c1ccc(CN2CCN(CC(O)COc3cccc4[nH]c5ccccc5c34)CC2)s1. The second-order valence-electron chi connectivity index (χ2n) is 8.39. The molecular formula is C24H26N4O4S. The molecule has 2 N–H and O–H groups in total. The van der Waals surface area contributed by atoms with Gasteiger partial charge in [-0.05, 0) is 24.3 Å². The molecule has 1 fully saturated rings. The van der Waals surface area contributed by atoms with E-state index in [0.29, 0.717) is 6.54 Å². The molecule has 1 aliphatic rings. The van der Waals surface area contributed by atoms with Gasteiger partial charge in [0.1, 0.15) is 18.5 Å². The van der Waals surface area contributed by atoms with Crippen molar-refractivity contribution in [1.82, 2.24) is 14.8 Å². The zero-order valence-corrected chi connectivity index (χ0v) is 19.0. The van der Waals surface area contributed by atoms with Gasteiger partial charge in [0.05, 0.1) is 10.4 Å². The number of ether oxygens (including phenoxy) is 1. The van der Waals surface area contributed by atoms with E-state index < -0.39 is 6.10 Å². The highest BCUT2D eigenvalue weighted by molar-refractivity contribution is 7.15. The van der Waals surface area contributed by atoms with Crippen molar-refractivity contribution in [2.24, 2.45) is 0 Å². The third-order valence-electron chi connectivity index (χ3n) is 6.06. The molecular weight excluding hydrogens is 440 g/mol. The fourth-order valence-electron chi connectivity index (χ4n) is 4.43. The van der Waals surface area contributed by atoms with Crippen LogP contribution < -0.4 is 4.74 Å².